The molecule has 0 radical (unpaired) electrons. The van der Waals surface area contributed by atoms with Crippen molar-refractivity contribution in [2.75, 3.05) is 0 Å². The Labute approximate surface area is 132 Å². The van der Waals surface area contributed by atoms with E-state index in [1.54, 1.807) is 6.20 Å². The molecule has 110 valence electrons. The van der Waals surface area contributed by atoms with Gasteiger partial charge in [-0.25, -0.2) is 4.98 Å². The number of imidazole rings is 1. The number of rotatable bonds is 5. The summed E-state index contributed by atoms with van der Waals surface area (Å²) in [6.45, 7) is 0.577. The van der Waals surface area contributed by atoms with Gasteiger partial charge in [-0.3, -0.25) is 4.79 Å². The van der Waals surface area contributed by atoms with Crippen LogP contribution in [0.15, 0.2) is 36.7 Å². The van der Waals surface area contributed by atoms with Crippen molar-refractivity contribution in [1.29, 1.82) is 0 Å². The highest BCUT2D eigenvalue weighted by Gasteiger charge is 2.33. The number of carbonyl (C=O) groups is 1. The molecule has 1 fully saturated rings. The zero-order chi connectivity index (χ0) is 14.8. The molecule has 1 aromatic heterocycles. The van der Waals surface area contributed by atoms with Crippen molar-refractivity contribution >= 4 is 21.8 Å². The molecule has 0 aliphatic heterocycles. The molecule has 0 spiro atoms. The maximum absolute atomic E-state index is 12.7. The predicted octanol–water partition coefficient (Wildman–Crippen LogP) is 3.12. The van der Waals surface area contributed by atoms with Gasteiger partial charge in [0.15, 0.2) is 0 Å². The molecule has 3 rings (SSSR count). The molecule has 1 aliphatic carbocycles. The van der Waals surface area contributed by atoms with Gasteiger partial charge < -0.3 is 9.47 Å². The van der Waals surface area contributed by atoms with Crippen LogP contribution in [0.25, 0.3) is 0 Å². The first-order chi connectivity index (χ1) is 10.2. The molecular formula is C16H18BrN3O. The van der Waals surface area contributed by atoms with E-state index in [2.05, 4.69) is 20.9 Å². The summed E-state index contributed by atoms with van der Waals surface area (Å²) < 4.78 is 1.97. The fourth-order valence-electron chi connectivity index (χ4n) is 2.36. The molecule has 21 heavy (non-hydrogen) atoms. The molecule has 1 aliphatic rings. The molecule has 0 unspecified atom stereocenters. The Hall–Kier alpha value is -1.62. The molecule has 1 amide bonds. The lowest BCUT2D eigenvalue weighted by molar-refractivity contribution is 0.0724. The normalized spacial score (nSPS) is 14.2. The molecule has 1 heterocycles. The van der Waals surface area contributed by atoms with E-state index in [-0.39, 0.29) is 5.91 Å². The highest BCUT2D eigenvalue weighted by molar-refractivity contribution is 9.08. The predicted molar refractivity (Wildman–Crippen MR) is 85.2 cm³/mol. The molecule has 0 saturated heterocycles. The van der Waals surface area contributed by atoms with Gasteiger partial charge in [-0.05, 0) is 30.5 Å². The van der Waals surface area contributed by atoms with Crippen molar-refractivity contribution in [2.45, 2.75) is 30.8 Å². The summed E-state index contributed by atoms with van der Waals surface area (Å²) >= 11 is 3.42. The van der Waals surface area contributed by atoms with Gasteiger partial charge in [0.1, 0.15) is 5.82 Å². The Morgan fingerprint density at radius 3 is 2.62 bits per heavy atom. The number of hydrogen-bond acceptors (Lipinski definition) is 2. The van der Waals surface area contributed by atoms with E-state index in [0.29, 0.717) is 12.6 Å². The lowest BCUT2D eigenvalue weighted by Gasteiger charge is -2.22. The minimum Gasteiger partial charge on any atom is -0.337 e. The van der Waals surface area contributed by atoms with Crippen LogP contribution in [0.4, 0.5) is 0 Å². The van der Waals surface area contributed by atoms with Gasteiger partial charge in [-0.2, -0.15) is 0 Å². The quantitative estimate of drug-likeness (QED) is 0.779. The Balaban J connectivity index is 1.79. The molecular weight excluding hydrogens is 330 g/mol. The van der Waals surface area contributed by atoms with Gasteiger partial charge in [-0.15, -0.1) is 0 Å². The average molecular weight is 348 g/mol. The van der Waals surface area contributed by atoms with Crippen molar-refractivity contribution in [3.63, 3.8) is 0 Å². The maximum atomic E-state index is 12.7. The lowest BCUT2D eigenvalue weighted by atomic mass is 10.1. The Kier molecular flexibility index (Phi) is 4.10. The largest absolute Gasteiger partial charge is 0.337 e. The molecule has 0 atom stereocenters. The van der Waals surface area contributed by atoms with E-state index in [1.807, 2.05) is 47.0 Å². The zero-order valence-corrected chi connectivity index (χ0v) is 13.6. The van der Waals surface area contributed by atoms with Crippen LogP contribution in [0.3, 0.4) is 0 Å². The minimum atomic E-state index is 0.0987. The standard InChI is InChI=1S/C16H18BrN3O/c1-19-9-8-18-15(19)11-20(14-6-7-14)16(21)13-4-2-12(10-17)3-5-13/h2-5,8-9,14H,6-7,10-11H2,1H3. The zero-order valence-electron chi connectivity index (χ0n) is 12.0. The molecule has 5 heteroatoms. The van der Waals surface area contributed by atoms with Crippen LogP contribution in [0.2, 0.25) is 0 Å². The third-order valence-corrected chi connectivity index (χ3v) is 4.48. The second kappa shape index (κ2) is 6.02. The van der Waals surface area contributed by atoms with Crippen molar-refractivity contribution in [2.24, 2.45) is 7.05 Å². The summed E-state index contributed by atoms with van der Waals surface area (Å²) in [4.78, 5) is 19.0. The van der Waals surface area contributed by atoms with E-state index in [0.717, 1.165) is 29.6 Å². The number of hydrogen-bond donors (Lipinski definition) is 0. The molecule has 0 N–H and O–H groups in total. The van der Waals surface area contributed by atoms with Crippen LogP contribution < -0.4 is 0 Å². The van der Waals surface area contributed by atoms with E-state index < -0.39 is 0 Å². The number of halogens is 1. The van der Waals surface area contributed by atoms with Crippen molar-refractivity contribution in [3.05, 3.63) is 53.6 Å². The van der Waals surface area contributed by atoms with E-state index >= 15 is 0 Å². The summed E-state index contributed by atoms with van der Waals surface area (Å²) in [6.07, 6.45) is 5.87. The summed E-state index contributed by atoms with van der Waals surface area (Å²) in [7, 11) is 1.96. The summed E-state index contributed by atoms with van der Waals surface area (Å²) in [5.41, 5.74) is 1.93. The first kappa shape index (κ1) is 14.3. The monoisotopic (exact) mass is 347 g/mol. The van der Waals surface area contributed by atoms with Crippen molar-refractivity contribution in [1.82, 2.24) is 14.5 Å². The maximum Gasteiger partial charge on any atom is 0.254 e. The van der Waals surface area contributed by atoms with Gasteiger partial charge in [0.2, 0.25) is 0 Å². The molecule has 2 aromatic rings. The number of alkyl halides is 1. The lowest BCUT2D eigenvalue weighted by Crippen LogP contribution is -2.33. The molecule has 4 nitrogen and oxygen atoms in total. The van der Waals surface area contributed by atoms with Crippen molar-refractivity contribution in [3.8, 4) is 0 Å². The Morgan fingerprint density at radius 1 is 1.38 bits per heavy atom. The molecule has 1 aromatic carbocycles. The number of carbonyl (C=O) groups excluding carboxylic acids is 1. The third-order valence-electron chi connectivity index (χ3n) is 3.84. The van der Waals surface area contributed by atoms with Gasteiger partial charge in [0, 0.05) is 36.4 Å². The van der Waals surface area contributed by atoms with Gasteiger partial charge >= 0.3 is 0 Å². The fraction of sp³-hybridized carbons (Fsp3) is 0.375. The number of amides is 1. The smallest absolute Gasteiger partial charge is 0.254 e. The number of aromatic nitrogens is 2. The topological polar surface area (TPSA) is 38.1 Å². The SMILES string of the molecule is Cn1ccnc1CN(C(=O)c1ccc(CBr)cc1)C1CC1. The fourth-order valence-corrected chi connectivity index (χ4v) is 2.73. The third kappa shape index (κ3) is 3.18. The van der Waals surface area contributed by atoms with E-state index in [4.69, 9.17) is 0 Å². The van der Waals surface area contributed by atoms with Gasteiger partial charge in [0.05, 0.1) is 6.54 Å². The van der Waals surface area contributed by atoms with E-state index in [1.165, 1.54) is 5.56 Å². The molecule has 0 bridgehead atoms. The minimum absolute atomic E-state index is 0.0987. The number of nitrogens with zero attached hydrogens (tertiary/aromatic N) is 3. The van der Waals surface area contributed by atoms with Crippen LogP contribution in [-0.4, -0.2) is 26.4 Å². The van der Waals surface area contributed by atoms with Crippen LogP contribution in [0.1, 0.15) is 34.6 Å². The Morgan fingerprint density at radius 2 is 2.10 bits per heavy atom. The van der Waals surface area contributed by atoms with Crippen LogP contribution in [0, 0.1) is 0 Å². The highest BCUT2D eigenvalue weighted by atomic mass is 79.9. The summed E-state index contributed by atoms with van der Waals surface area (Å²) in [5, 5.41) is 0.807. The number of aryl methyl sites for hydroxylation is 1. The first-order valence-corrected chi connectivity index (χ1v) is 8.23. The van der Waals surface area contributed by atoms with Crippen molar-refractivity contribution < 1.29 is 4.79 Å². The van der Waals surface area contributed by atoms with E-state index in [9.17, 15) is 4.79 Å². The second-order valence-corrected chi connectivity index (χ2v) is 6.01. The molecule has 1 saturated carbocycles. The second-order valence-electron chi connectivity index (χ2n) is 5.45. The highest BCUT2D eigenvalue weighted by Crippen LogP contribution is 2.29. The van der Waals surface area contributed by atoms with Crippen LogP contribution >= 0.6 is 15.9 Å². The van der Waals surface area contributed by atoms with Crippen LogP contribution in [0.5, 0.6) is 0 Å². The first-order valence-electron chi connectivity index (χ1n) is 7.11. The average Bonchev–Trinajstić information content (AvgIpc) is 3.28. The summed E-state index contributed by atoms with van der Waals surface area (Å²) in [5.74, 6) is 1.02. The van der Waals surface area contributed by atoms with Crippen LogP contribution in [-0.2, 0) is 18.9 Å². The number of benzene rings is 1. The van der Waals surface area contributed by atoms with Gasteiger partial charge in [0.25, 0.3) is 5.91 Å². The van der Waals surface area contributed by atoms with Gasteiger partial charge in [-0.1, -0.05) is 28.1 Å². The Bertz CT molecular complexity index is 631. The summed E-state index contributed by atoms with van der Waals surface area (Å²) in [6, 6.07) is 8.17.